The topological polar surface area (TPSA) is 118 Å². The average molecular weight is 640 g/mol. The molecule has 7 atom stereocenters. The van der Waals surface area contributed by atoms with Gasteiger partial charge in [0.15, 0.2) is 6.61 Å². The number of para-hydroxylation sites is 1. The molecule has 0 radical (unpaired) electrons. The van der Waals surface area contributed by atoms with Gasteiger partial charge in [-0.1, -0.05) is 41.7 Å². The number of hydrogen-bond donors (Lipinski definition) is 2. The number of thioether (sulfide) groups is 1. The van der Waals surface area contributed by atoms with E-state index in [0.717, 1.165) is 21.9 Å². The second kappa shape index (κ2) is 10.9. The largest absolute Gasteiger partial charge is 0.497 e. The normalized spacial score (nSPS) is 27.6. The molecule has 0 spiro atoms. The average Bonchev–Trinajstić information content (AvgIpc) is 3.80. The van der Waals surface area contributed by atoms with E-state index in [-0.39, 0.29) is 70.0 Å². The van der Waals surface area contributed by atoms with E-state index in [1.54, 1.807) is 43.1 Å². The van der Waals surface area contributed by atoms with Crippen LogP contribution in [0.3, 0.4) is 0 Å². The van der Waals surface area contributed by atoms with Gasteiger partial charge >= 0.3 is 4.87 Å². The monoisotopic (exact) mass is 639 g/mol. The lowest BCUT2D eigenvalue weighted by Gasteiger charge is -2.43. The zero-order valence-electron chi connectivity index (χ0n) is 24.2. The maximum Gasteiger partial charge on any atom is 0.305 e. The predicted octanol–water partition coefficient (Wildman–Crippen LogP) is 5.14. The minimum absolute atomic E-state index is 0.0376. The van der Waals surface area contributed by atoms with Crippen LogP contribution in [0, 0.1) is 29.6 Å². The number of aromatic nitrogens is 1. The van der Waals surface area contributed by atoms with Gasteiger partial charge in [-0.15, -0.1) is 11.8 Å². The van der Waals surface area contributed by atoms with E-state index in [1.807, 2.05) is 54.6 Å². The van der Waals surface area contributed by atoms with Crippen molar-refractivity contribution in [2.24, 2.45) is 29.6 Å². The highest BCUT2D eigenvalue weighted by Gasteiger charge is 2.69. The van der Waals surface area contributed by atoms with E-state index in [1.165, 1.54) is 16.2 Å². The molecular formula is C34H29N3O6S2. The van der Waals surface area contributed by atoms with Gasteiger partial charge in [-0.25, -0.2) is 0 Å². The fourth-order valence-electron chi connectivity index (χ4n) is 8.01. The molecule has 2 aliphatic carbocycles. The first kappa shape index (κ1) is 28.1. The molecule has 1 saturated heterocycles. The van der Waals surface area contributed by atoms with Crippen molar-refractivity contribution < 1.29 is 23.9 Å². The fourth-order valence-corrected chi connectivity index (χ4v) is 10.9. The summed E-state index contributed by atoms with van der Waals surface area (Å²) in [6, 6.07) is 23.9. The lowest BCUT2D eigenvalue weighted by Crippen LogP contribution is -2.42. The van der Waals surface area contributed by atoms with Gasteiger partial charge < -0.3 is 19.8 Å². The number of ether oxygens (including phenoxy) is 2. The van der Waals surface area contributed by atoms with Crippen LogP contribution < -0.4 is 24.6 Å². The number of amides is 3. The summed E-state index contributed by atoms with van der Waals surface area (Å²) < 4.78 is 10.9. The van der Waals surface area contributed by atoms with Gasteiger partial charge in [0.2, 0.25) is 11.8 Å². The molecule has 45 heavy (non-hydrogen) atoms. The molecule has 3 fully saturated rings. The van der Waals surface area contributed by atoms with Crippen molar-refractivity contribution in [3.05, 3.63) is 99.0 Å². The minimum Gasteiger partial charge on any atom is -0.497 e. The molecule has 2 bridgehead atoms. The van der Waals surface area contributed by atoms with E-state index < -0.39 is 0 Å². The summed E-state index contributed by atoms with van der Waals surface area (Å²) in [5, 5.41) is 3.79. The number of benzene rings is 3. The number of H-pyrrole nitrogens is 1. The molecule has 228 valence electrons. The Morgan fingerprint density at radius 1 is 0.911 bits per heavy atom. The summed E-state index contributed by atoms with van der Waals surface area (Å²) in [5.74, 6) is 0.209. The van der Waals surface area contributed by atoms with E-state index in [0.29, 0.717) is 22.9 Å². The quantitative estimate of drug-likeness (QED) is 0.269. The van der Waals surface area contributed by atoms with Crippen LogP contribution in [0.4, 0.5) is 11.4 Å². The van der Waals surface area contributed by atoms with Crippen molar-refractivity contribution in [3.63, 3.8) is 0 Å². The number of thiazole rings is 1. The van der Waals surface area contributed by atoms with Crippen LogP contribution >= 0.6 is 23.1 Å². The van der Waals surface area contributed by atoms with Gasteiger partial charge in [0, 0.05) is 21.7 Å². The third-order valence-corrected chi connectivity index (χ3v) is 12.3. The number of imide groups is 1. The third kappa shape index (κ3) is 4.59. The van der Waals surface area contributed by atoms with Gasteiger partial charge in [0.25, 0.3) is 5.91 Å². The van der Waals surface area contributed by atoms with Crippen molar-refractivity contribution >= 4 is 52.2 Å². The summed E-state index contributed by atoms with van der Waals surface area (Å²) in [5.41, 5.74) is 2.30. The number of hydrogen-bond acceptors (Lipinski definition) is 8. The lowest BCUT2D eigenvalue weighted by atomic mass is 9.68. The zero-order chi connectivity index (χ0) is 30.8. The second-order valence-corrected chi connectivity index (χ2v) is 14.1. The minimum atomic E-state index is -0.351. The highest BCUT2D eigenvalue weighted by molar-refractivity contribution is 8.00. The maximum absolute atomic E-state index is 13.9. The van der Waals surface area contributed by atoms with E-state index >= 15 is 0 Å². The van der Waals surface area contributed by atoms with Gasteiger partial charge in [0.05, 0.1) is 29.7 Å². The standard InChI is InChI=1S/C34H29N3O6S2/c1-42-20-13-9-18(10-14-20)35-24(38)16-43-21-11-7-17(8-12-21)25-26-22-15-23(29(26)44-31-30(25)45-34(41)36-31)28-27(22)32(39)37(33(28)40)19-5-3-2-4-6-19/h2-14,22-23,25-29H,15-16H2,1H3,(H,35,38)(H,36,41)/t22-,23-,25-,26?,27?,28?,29?/m1/s1. The van der Waals surface area contributed by atoms with E-state index in [9.17, 15) is 19.2 Å². The number of aromatic amines is 1. The molecule has 8 rings (SSSR count). The van der Waals surface area contributed by atoms with Crippen molar-refractivity contribution in [2.45, 2.75) is 22.6 Å². The van der Waals surface area contributed by atoms with Crippen LogP contribution in [0.15, 0.2) is 88.7 Å². The number of fused-ring (bicyclic) bond motifs is 9. The summed E-state index contributed by atoms with van der Waals surface area (Å²) in [7, 11) is 1.59. The van der Waals surface area contributed by atoms with Crippen LogP contribution in [0.5, 0.6) is 11.5 Å². The van der Waals surface area contributed by atoms with Crippen LogP contribution in [-0.4, -0.2) is 41.7 Å². The van der Waals surface area contributed by atoms with Crippen LogP contribution in [0.2, 0.25) is 0 Å². The Morgan fingerprint density at radius 2 is 1.60 bits per heavy atom. The number of carbonyl (C=O) groups excluding carboxylic acids is 3. The summed E-state index contributed by atoms with van der Waals surface area (Å²) in [6.45, 7) is -0.152. The molecule has 1 aromatic heterocycles. The number of carbonyl (C=O) groups is 3. The zero-order valence-corrected chi connectivity index (χ0v) is 25.8. The molecule has 4 unspecified atom stereocenters. The maximum atomic E-state index is 13.9. The smallest absolute Gasteiger partial charge is 0.305 e. The molecular weight excluding hydrogens is 611 g/mol. The molecule has 2 saturated carbocycles. The highest BCUT2D eigenvalue weighted by Crippen LogP contribution is 2.68. The number of nitrogens with zero attached hydrogens (tertiary/aromatic N) is 1. The Morgan fingerprint density at radius 3 is 2.31 bits per heavy atom. The Labute approximate surface area is 266 Å². The van der Waals surface area contributed by atoms with E-state index in [2.05, 4.69) is 10.3 Å². The molecule has 9 nitrogen and oxygen atoms in total. The van der Waals surface area contributed by atoms with E-state index in [4.69, 9.17) is 9.47 Å². The highest BCUT2D eigenvalue weighted by atomic mass is 32.2. The Hall–Kier alpha value is -4.35. The van der Waals surface area contributed by atoms with Gasteiger partial charge in [-0.2, -0.15) is 0 Å². The van der Waals surface area contributed by atoms with Crippen LogP contribution in [0.1, 0.15) is 22.8 Å². The SMILES string of the molecule is COc1ccc(NC(=O)COc2ccc([C@H]3c4sc(=O)[nH]c4SC4C3[C@H]3C[C@@H]4C4C(=O)N(c5ccccc5)C(=O)C43)cc2)cc1. The molecule has 4 aliphatic rings. The first-order valence-electron chi connectivity index (χ1n) is 14.9. The number of rotatable bonds is 7. The van der Waals surface area contributed by atoms with Gasteiger partial charge in [0.1, 0.15) is 11.5 Å². The van der Waals surface area contributed by atoms with Gasteiger partial charge in [-0.3, -0.25) is 24.1 Å². The molecule has 3 amide bonds. The molecule has 3 aromatic carbocycles. The first-order valence-corrected chi connectivity index (χ1v) is 16.6. The fraction of sp³-hybridized carbons (Fsp3) is 0.294. The third-order valence-electron chi connectivity index (χ3n) is 9.72. The lowest BCUT2D eigenvalue weighted by molar-refractivity contribution is -0.123. The van der Waals surface area contributed by atoms with Gasteiger partial charge in [-0.05, 0) is 78.3 Å². The summed E-state index contributed by atoms with van der Waals surface area (Å²) >= 11 is 2.90. The van der Waals surface area contributed by atoms with Crippen molar-refractivity contribution in [1.82, 2.24) is 4.98 Å². The van der Waals surface area contributed by atoms with Crippen LogP contribution in [-0.2, 0) is 14.4 Å². The van der Waals surface area contributed by atoms with Crippen molar-refractivity contribution in [2.75, 3.05) is 23.9 Å². The van der Waals surface area contributed by atoms with Crippen molar-refractivity contribution in [1.29, 1.82) is 0 Å². The molecule has 11 heteroatoms. The summed E-state index contributed by atoms with van der Waals surface area (Å²) in [6.07, 6.45) is 0.831. The molecule has 2 N–H and O–H groups in total. The predicted molar refractivity (Wildman–Crippen MR) is 171 cm³/mol. The molecule has 2 aliphatic heterocycles. The Bertz CT molecular complexity index is 1860. The number of nitrogens with one attached hydrogen (secondary N) is 2. The molecule has 4 aromatic rings. The van der Waals surface area contributed by atoms with Crippen LogP contribution in [0.25, 0.3) is 0 Å². The number of anilines is 2. The summed E-state index contributed by atoms with van der Waals surface area (Å²) in [4.78, 5) is 58.0. The Kier molecular flexibility index (Phi) is 6.83. The Balaban J connectivity index is 1.04. The first-order chi connectivity index (χ1) is 21.9. The number of methoxy groups -OCH3 is 1. The van der Waals surface area contributed by atoms with Crippen molar-refractivity contribution in [3.8, 4) is 11.5 Å². The second-order valence-electron chi connectivity index (χ2n) is 11.9. The molecule has 3 heterocycles.